The van der Waals surface area contributed by atoms with Gasteiger partial charge in [0.25, 0.3) is 0 Å². The Labute approximate surface area is 219 Å². The molecule has 10 heteroatoms. The number of hydrogen-bond donors (Lipinski definition) is 1. The lowest BCUT2D eigenvalue weighted by molar-refractivity contribution is -0.116. The average Bonchev–Trinajstić information content (AvgIpc) is 3.43. The molecule has 0 atom stereocenters. The Morgan fingerprint density at radius 1 is 0.784 bits per heavy atom. The highest BCUT2D eigenvalue weighted by Crippen LogP contribution is 2.29. The molecule has 3 aromatic rings. The minimum Gasteiger partial charge on any atom is -0.325 e. The molecule has 0 bridgehead atoms. The van der Waals surface area contributed by atoms with E-state index in [0.29, 0.717) is 18.5 Å². The smallest absolute Gasteiger partial charge is 0.243 e. The second-order valence-corrected chi connectivity index (χ2v) is 13.1. The van der Waals surface area contributed by atoms with Crippen LogP contribution in [0.2, 0.25) is 0 Å². The number of para-hydroxylation sites is 1. The fourth-order valence-corrected chi connectivity index (χ4v) is 7.29. The molecule has 1 aliphatic carbocycles. The third-order valence-electron chi connectivity index (χ3n) is 6.48. The van der Waals surface area contributed by atoms with Crippen LogP contribution in [-0.4, -0.2) is 51.0 Å². The molecule has 0 unspecified atom stereocenters. The van der Waals surface area contributed by atoms with Crippen LogP contribution in [0.25, 0.3) is 0 Å². The number of nitrogens with one attached hydrogen (secondary N) is 1. The molecule has 1 saturated carbocycles. The summed E-state index contributed by atoms with van der Waals surface area (Å²) in [4.78, 5) is 12.7. The minimum absolute atomic E-state index is 0.000817. The zero-order chi connectivity index (χ0) is 26.5. The molecule has 0 aliphatic heterocycles. The molecule has 1 amide bonds. The first kappa shape index (κ1) is 27.0. The molecule has 0 heterocycles. The fourth-order valence-electron chi connectivity index (χ4n) is 4.49. The van der Waals surface area contributed by atoms with Gasteiger partial charge >= 0.3 is 0 Å². The monoisotopic (exact) mass is 541 g/mol. The molecule has 0 radical (unpaired) electrons. The first-order valence-electron chi connectivity index (χ1n) is 12.1. The summed E-state index contributed by atoms with van der Waals surface area (Å²) in [5.74, 6) is -0.427. The van der Waals surface area contributed by atoms with Crippen molar-refractivity contribution >= 4 is 31.6 Å². The maximum Gasteiger partial charge on any atom is 0.243 e. The summed E-state index contributed by atoms with van der Waals surface area (Å²) in [5, 5.41) is 2.75. The molecular weight excluding hydrogens is 510 g/mol. The molecule has 0 aromatic heterocycles. The summed E-state index contributed by atoms with van der Waals surface area (Å²) < 4.78 is 55.9. The van der Waals surface area contributed by atoms with Crippen molar-refractivity contribution in [3.63, 3.8) is 0 Å². The van der Waals surface area contributed by atoms with Crippen molar-refractivity contribution in [2.45, 2.75) is 48.1 Å². The number of sulfonamides is 2. The maximum atomic E-state index is 13.6. The van der Waals surface area contributed by atoms with E-state index in [0.717, 1.165) is 18.4 Å². The maximum absolute atomic E-state index is 13.6. The van der Waals surface area contributed by atoms with E-state index in [-0.39, 0.29) is 28.9 Å². The van der Waals surface area contributed by atoms with Crippen molar-refractivity contribution < 1.29 is 21.6 Å². The zero-order valence-electron chi connectivity index (χ0n) is 20.7. The van der Waals surface area contributed by atoms with Gasteiger partial charge in [0.05, 0.1) is 16.3 Å². The SMILES string of the molecule is CN(Cc1ccccc1)S(=O)(=O)c1ccc(S(=O)(=O)N(CC(=O)Nc2ccccc2)C2CCCC2)cc1. The largest absolute Gasteiger partial charge is 0.325 e. The number of carbonyl (C=O) groups is 1. The summed E-state index contributed by atoms with van der Waals surface area (Å²) in [6.07, 6.45) is 3.13. The lowest BCUT2D eigenvalue weighted by atomic mass is 10.2. The van der Waals surface area contributed by atoms with Crippen LogP contribution in [0.15, 0.2) is 94.7 Å². The van der Waals surface area contributed by atoms with E-state index in [9.17, 15) is 21.6 Å². The van der Waals surface area contributed by atoms with Crippen molar-refractivity contribution in [3.05, 3.63) is 90.5 Å². The number of amides is 1. The summed E-state index contributed by atoms with van der Waals surface area (Å²) in [6.45, 7) is -0.128. The van der Waals surface area contributed by atoms with Crippen LogP contribution in [-0.2, 0) is 31.4 Å². The van der Waals surface area contributed by atoms with Gasteiger partial charge in [0, 0.05) is 25.3 Å². The second-order valence-electron chi connectivity index (χ2n) is 9.12. The van der Waals surface area contributed by atoms with E-state index < -0.39 is 26.0 Å². The van der Waals surface area contributed by atoms with Crippen LogP contribution in [0.5, 0.6) is 0 Å². The number of rotatable bonds is 10. The number of anilines is 1. The van der Waals surface area contributed by atoms with E-state index in [2.05, 4.69) is 5.32 Å². The summed E-state index contributed by atoms with van der Waals surface area (Å²) in [6, 6.07) is 23.0. The summed E-state index contributed by atoms with van der Waals surface area (Å²) in [5.41, 5.74) is 1.43. The van der Waals surface area contributed by atoms with Crippen molar-refractivity contribution in [1.29, 1.82) is 0 Å². The van der Waals surface area contributed by atoms with Gasteiger partial charge in [-0.3, -0.25) is 4.79 Å². The average molecular weight is 542 g/mol. The fraction of sp³-hybridized carbons (Fsp3) is 0.296. The molecule has 196 valence electrons. The predicted octanol–water partition coefficient (Wildman–Crippen LogP) is 4.08. The molecule has 8 nitrogen and oxygen atoms in total. The van der Waals surface area contributed by atoms with Crippen LogP contribution in [0.3, 0.4) is 0 Å². The Morgan fingerprint density at radius 2 is 1.30 bits per heavy atom. The summed E-state index contributed by atoms with van der Waals surface area (Å²) >= 11 is 0. The normalized spacial score (nSPS) is 14.8. The van der Waals surface area contributed by atoms with Crippen LogP contribution in [0, 0.1) is 0 Å². The van der Waals surface area contributed by atoms with E-state index in [4.69, 9.17) is 0 Å². The van der Waals surface area contributed by atoms with E-state index in [1.54, 1.807) is 24.3 Å². The van der Waals surface area contributed by atoms with Crippen LogP contribution in [0.1, 0.15) is 31.2 Å². The van der Waals surface area contributed by atoms with Gasteiger partial charge in [0.2, 0.25) is 26.0 Å². The van der Waals surface area contributed by atoms with Gasteiger partial charge in [-0.05, 0) is 54.8 Å². The number of nitrogens with zero attached hydrogens (tertiary/aromatic N) is 2. The minimum atomic E-state index is -4.04. The van der Waals surface area contributed by atoms with Gasteiger partial charge < -0.3 is 5.32 Å². The van der Waals surface area contributed by atoms with Gasteiger partial charge in [-0.2, -0.15) is 8.61 Å². The topological polar surface area (TPSA) is 104 Å². The molecule has 37 heavy (non-hydrogen) atoms. The van der Waals surface area contributed by atoms with E-state index in [1.165, 1.54) is 39.9 Å². The van der Waals surface area contributed by atoms with Gasteiger partial charge in [-0.1, -0.05) is 61.4 Å². The third kappa shape index (κ3) is 6.45. The Balaban J connectivity index is 1.54. The van der Waals surface area contributed by atoms with E-state index in [1.807, 2.05) is 36.4 Å². The van der Waals surface area contributed by atoms with Gasteiger partial charge in [0.1, 0.15) is 0 Å². The highest BCUT2D eigenvalue weighted by molar-refractivity contribution is 7.89. The van der Waals surface area contributed by atoms with Crippen molar-refractivity contribution in [1.82, 2.24) is 8.61 Å². The summed E-state index contributed by atoms with van der Waals surface area (Å²) in [7, 11) is -6.38. The number of hydrogen-bond acceptors (Lipinski definition) is 5. The molecule has 4 rings (SSSR count). The molecule has 1 N–H and O–H groups in total. The van der Waals surface area contributed by atoms with Gasteiger partial charge in [-0.25, -0.2) is 16.8 Å². The highest BCUT2D eigenvalue weighted by atomic mass is 32.2. The van der Waals surface area contributed by atoms with Crippen LogP contribution >= 0.6 is 0 Å². The third-order valence-corrected chi connectivity index (χ3v) is 10.2. The Bertz CT molecular complexity index is 1410. The highest BCUT2D eigenvalue weighted by Gasteiger charge is 2.35. The first-order valence-corrected chi connectivity index (χ1v) is 15.0. The molecular formula is C27H31N3O5S2. The van der Waals surface area contributed by atoms with Crippen LogP contribution in [0.4, 0.5) is 5.69 Å². The first-order chi connectivity index (χ1) is 17.7. The Kier molecular flexibility index (Phi) is 8.43. The number of benzene rings is 3. The zero-order valence-corrected chi connectivity index (χ0v) is 22.3. The number of carbonyl (C=O) groups excluding carboxylic acids is 1. The molecule has 3 aromatic carbocycles. The van der Waals surface area contributed by atoms with Crippen molar-refractivity contribution in [2.24, 2.45) is 0 Å². The lowest BCUT2D eigenvalue weighted by Gasteiger charge is -2.27. The molecule has 0 spiro atoms. The van der Waals surface area contributed by atoms with Crippen molar-refractivity contribution in [2.75, 3.05) is 18.9 Å². The van der Waals surface area contributed by atoms with Gasteiger partial charge in [-0.15, -0.1) is 0 Å². The van der Waals surface area contributed by atoms with Crippen molar-refractivity contribution in [3.8, 4) is 0 Å². The second kappa shape index (κ2) is 11.6. The van der Waals surface area contributed by atoms with Crippen LogP contribution < -0.4 is 5.32 Å². The molecule has 1 fully saturated rings. The quantitative estimate of drug-likeness (QED) is 0.417. The Hall–Kier alpha value is -3.05. The lowest BCUT2D eigenvalue weighted by Crippen LogP contribution is -2.43. The standard InChI is InChI=1S/C27H31N3O5S2/c1-29(20-22-10-4-2-5-11-22)36(32,33)25-16-18-26(19-17-25)37(34,35)30(24-14-8-9-15-24)21-27(31)28-23-12-6-3-7-13-23/h2-7,10-13,16-19,24H,8-9,14-15,20-21H2,1H3,(H,28,31). The Morgan fingerprint density at radius 3 is 1.86 bits per heavy atom. The van der Waals surface area contributed by atoms with E-state index >= 15 is 0 Å². The predicted molar refractivity (Wildman–Crippen MR) is 143 cm³/mol. The molecule has 0 saturated heterocycles. The van der Waals surface area contributed by atoms with Gasteiger partial charge in [0.15, 0.2) is 0 Å². The molecule has 1 aliphatic rings.